The molecular weight excluding hydrogens is 110 g/mol. The number of ether oxygens (including phenoxy) is 1. The molecule has 0 bridgehead atoms. The lowest BCUT2D eigenvalue weighted by atomic mass is 10.7. The highest BCUT2D eigenvalue weighted by molar-refractivity contribution is 5.69. The van der Waals surface area contributed by atoms with Gasteiger partial charge in [-0.15, -0.1) is 0 Å². The topological polar surface area (TPSA) is 78.7 Å². The lowest BCUT2D eigenvalue weighted by Crippen LogP contribution is -2.69. The van der Waals surface area contributed by atoms with Crippen LogP contribution in [0.25, 0.3) is 0 Å². The Kier molecular flexibility index (Phi) is 3.47. The van der Waals surface area contributed by atoms with Gasteiger partial charge in [0.2, 0.25) is 6.54 Å². The van der Waals surface area contributed by atoms with Gasteiger partial charge in [0.25, 0.3) is 0 Å². The highest BCUT2D eigenvalue weighted by Gasteiger charge is 1.95. The van der Waals surface area contributed by atoms with E-state index in [0.29, 0.717) is 0 Å². The van der Waals surface area contributed by atoms with E-state index in [-0.39, 0.29) is 12.5 Å². The first kappa shape index (κ1) is 6.87. The summed E-state index contributed by atoms with van der Waals surface area (Å²) < 4.78 is 4.24. The molecule has 0 aliphatic rings. The van der Waals surface area contributed by atoms with Gasteiger partial charge >= 0.3 is 5.97 Å². The Hall–Kier alpha value is -1.13. The number of hydrogen-bond acceptors (Lipinski definition) is 3. The monoisotopic (exact) mass is 118 g/mol. The van der Waals surface area contributed by atoms with Gasteiger partial charge in [0.15, 0.2) is 0 Å². The predicted octanol–water partition coefficient (Wildman–Crippen LogP) is -2.43. The molecule has 0 aromatic carbocycles. The molecule has 0 heterocycles. The van der Waals surface area contributed by atoms with Crippen LogP contribution in [0.5, 0.6) is 0 Å². The summed E-state index contributed by atoms with van der Waals surface area (Å²) in [6.45, 7) is 0.0208. The average molecular weight is 118 g/mol. The van der Waals surface area contributed by atoms with E-state index in [1.165, 1.54) is 7.11 Å². The van der Waals surface area contributed by atoms with Gasteiger partial charge in [-0.2, -0.15) is 11.0 Å². The molecule has 46 valence electrons. The average Bonchev–Trinajstić information content (AvgIpc) is 1.83. The van der Waals surface area contributed by atoms with Gasteiger partial charge in [0.1, 0.15) is 0 Å². The van der Waals surface area contributed by atoms with E-state index < -0.39 is 0 Å². The summed E-state index contributed by atoms with van der Waals surface area (Å²) in [5.41, 5.74) is 0. The molecular formula is C3H8N3O2+. The maximum Gasteiger partial charge on any atom is 0.349 e. The van der Waals surface area contributed by atoms with Crippen molar-refractivity contribution in [1.29, 1.82) is 0 Å². The lowest BCUT2D eigenvalue weighted by molar-refractivity contribution is -0.524. The van der Waals surface area contributed by atoms with Crippen molar-refractivity contribution >= 4 is 5.97 Å². The quantitative estimate of drug-likeness (QED) is 0.183. The summed E-state index contributed by atoms with van der Waals surface area (Å²) in [6, 6.07) is 0. The summed E-state index contributed by atoms with van der Waals surface area (Å²) in [7, 11) is 1.29. The summed E-state index contributed by atoms with van der Waals surface area (Å²) in [5, 5.41) is 5.20. The molecule has 0 amide bonds. The minimum absolute atomic E-state index is 0.0208. The van der Waals surface area contributed by atoms with Crippen LogP contribution < -0.4 is 11.0 Å². The number of hydrogen-bond donors (Lipinski definition) is 2. The fourth-order valence-corrected chi connectivity index (χ4v) is 0.182. The fraction of sp³-hybridized carbons (Fsp3) is 0.667. The Morgan fingerprint density at radius 2 is 2.62 bits per heavy atom. The van der Waals surface area contributed by atoms with Crippen LogP contribution in [0.4, 0.5) is 0 Å². The van der Waals surface area contributed by atoms with E-state index in [0.717, 1.165) is 0 Å². The molecule has 0 radical (unpaired) electrons. The van der Waals surface area contributed by atoms with Crippen LogP contribution in [0.15, 0.2) is 5.22 Å². The third-order valence-electron chi connectivity index (χ3n) is 0.542. The molecule has 5 heteroatoms. The number of carbonyl (C=O) groups excluding carboxylic acids is 1. The summed E-state index contributed by atoms with van der Waals surface area (Å²) >= 11 is 0. The Labute approximate surface area is 46.5 Å². The normalized spacial score (nSPS) is 9.62. The highest BCUT2D eigenvalue weighted by atomic mass is 16.5. The van der Waals surface area contributed by atoms with Crippen molar-refractivity contribution in [1.82, 2.24) is 0 Å². The molecule has 5 nitrogen and oxygen atoms in total. The standard InChI is InChI=1S/C3H7N3O2/c1-8-3(7)2-5-6-4/h2H2,1H3,(H2,4,5)/p+1. The Morgan fingerprint density at radius 3 is 3.00 bits per heavy atom. The predicted molar refractivity (Wildman–Crippen MR) is 24.5 cm³/mol. The van der Waals surface area contributed by atoms with Gasteiger partial charge in [0.05, 0.1) is 12.3 Å². The van der Waals surface area contributed by atoms with Crippen molar-refractivity contribution in [3.63, 3.8) is 0 Å². The molecule has 0 aromatic heterocycles. The molecule has 0 atom stereocenters. The van der Waals surface area contributed by atoms with Crippen LogP contribution >= 0.6 is 0 Å². The largest absolute Gasteiger partial charge is 0.466 e. The molecule has 0 rings (SSSR count). The van der Waals surface area contributed by atoms with Crippen molar-refractivity contribution in [3.05, 3.63) is 0 Å². The van der Waals surface area contributed by atoms with Crippen molar-refractivity contribution < 1.29 is 14.6 Å². The Balaban J connectivity index is 3.25. The van der Waals surface area contributed by atoms with Gasteiger partial charge in [0, 0.05) is 0 Å². The van der Waals surface area contributed by atoms with Crippen LogP contribution in [0.3, 0.4) is 0 Å². The smallest absolute Gasteiger partial charge is 0.349 e. The molecule has 0 unspecified atom stereocenters. The van der Waals surface area contributed by atoms with E-state index in [1.807, 2.05) is 0 Å². The third kappa shape index (κ3) is 3.08. The highest BCUT2D eigenvalue weighted by Crippen LogP contribution is 1.60. The first-order valence-corrected chi connectivity index (χ1v) is 2.01. The minimum Gasteiger partial charge on any atom is -0.466 e. The van der Waals surface area contributed by atoms with Crippen LogP contribution in [-0.4, -0.2) is 19.6 Å². The first-order valence-electron chi connectivity index (χ1n) is 2.01. The van der Waals surface area contributed by atoms with E-state index in [2.05, 4.69) is 20.9 Å². The number of nitrogens with zero attached hydrogens (tertiary/aromatic N) is 1. The second-order valence-corrected chi connectivity index (χ2v) is 1.04. The number of nitrogens with one attached hydrogen (secondary N) is 1. The van der Waals surface area contributed by atoms with E-state index in [9.17, 15) is 4.79 Å². The number of carbonyl (C=O) groups is 1. The van der Waals surface area contributed by atoms with E-state index >= 15 is 0 Å². The minimum atomic E-state index is -0.390. The zero-order chi connectivity index (χ0) is 6.41. The molecule has 0 fully saturated rings. The maximum absolute atomic E-state index is 10.2. The van der Waals surface area contributed by atoms with E-state index in [4.69, 9.17) is 0 Å². The van der Waals surface area contributed by atoms with Crippen molar-refractivity contribution in [2.45, 2.75) is 0 Å². The van der Waals surface area contributed by atoms with Gasteiger partial charge < -0.3 is 4.74 Å². The summed E-state index contributed by atoms with van der Waals surface area (Å²) in [6.07, 6.45) is 0. The molecule has 0 saturated heterocycles. The van der Waals surface area contributed by atoms with Crippen LogP contribution in [0.2, 0.25) is 0 Å². The number of rotatable bonds is 2. The zero-order valence-corrected chi connectivity index (χ0v) is 4.55. The van der Waals surface area contributed by atoms with Gasteiger partial charge in [-0.05, 0) is 0 Å². The number of esters is 1. The van der Waals surface area contributed by atoms with Crippen LogP contribution in [0.1, 0.15) is 0 Å². The summed E-state index contributed by atoms with van der Waals surface area (Å²) in [4.78, 5) is 10.2. The molecule has 0 aliphatic carbocycles. The fourth-order valence-electron chi connectivity index (χ4n) is 0.182. The molecule has 0 aromatic rings. The van der Waals surface area contributed by atoms with Gasteiger partial charge in [-0.1, -0.05) is 0 Å². The zero-order valence-electron chi connectivity index (χ0n) is 4.55. The van der Waals surface area contributed by atoms with Crippen molar-refractivity contribution in [3.8, 4) is 0 Å². The summed E-state index contributed by atoms with van der Waals surface area (Å²) in [5.74, 6) is 4.25. The third-order valence-corrected chi connectivity index (χ3v) is 0.542. The van der Waals surface area contributed by atoms with Gasteiger partial charge in [-0.3, -0.25) is 0 Å². The number of nitrogens with two attached hydrogens (primary N) is 1. The molecule has 0 aliphatic heterocycles. The Morgan fingerprint density at radius 1 is 2.00 bits per heavy atom. The second kappa shape index (κ2) is 4.04. The molecule has 8 heavy (non-hydrogen) atoms. The Bertz CT molecular complexity index is 101. The maximum atomic E-state index is 10.2. The van der Waals surface area contributed by atoms with Crippen LogP contribution in [-0.2, 0) is 9.53 Å². The van der Waals surface area contributed by atoms with Crippen molar-refractivity contribution in [2.75, 3.05) is 13.7 Å². The molecule has 0 saturated carbocycles. The molecule has 3 N–H and O–H groups in total. The number of methoxy groups -OCH3 is 1. The van der Waals surface area contributed by atoms with Crippen molar-refractivity contribution in [2.24, 2.45) is 11.1 Å². The second-order valence-electron chi connectivity index (χ2n) is 1.04. The molecule has 0 spiro atoms. The first-order chi connectivity index (χ1) is 3.81. The van der Waals surface area contributed by atoms with Crippen LogP contribution in [0, 0.1) is 0 Å². The van der Waals surface area contributed by atoms with Gasteiger partial charge in [-0.25, -0.2) is 4.79 Å². The SMILES string of the molecule is COC(=O)C[NH+]=NN. The lowest BCUT2D eigenvalue weighted by Gasteiger charge is -1.86. The van der Waals surface area contributed by atoms with E-state index in [1.54, 1.807) is 0 Å².